The molecule has 1 fully saturated rings. The van der Waals surface area contributed by atoms with E-state index in [9.17, 15) is 0 Å². The Kier molecular flexibility index (Phi) is 10.1. The van der Waals surface area contributed by atoms with E-state index in [1.807, 2.05) is 6.08 Å². The fourth-order valence-corrected chi connectivity index (χ4v) is 2.93. The van der Waals surface area contributed by atoms with Gasteiger partial charge in [0.05, 0.1) is 0 Å². The molecule has 5 heteroatoms. The molecule has 0 unspecified atom stereocenters. The van der Waals surface area contributed by atoms with Gasteiger partial charge in [-0.1, -0.05) is 18.2 Å². The summed E-state index contributed by atoms with van der Waals surface area (Å²) in [6, 6.07) is 9.31. The molecule has 1 aromatic rings. The molecule has 2 rings (SSSR count). The first-order chi connectivity index (χ1) is 8.31. The highest BCUT2D eigenvalue weighted by molar-refractivity contribution is 14.1. The Morgan fingerprint density at radius 1 is 1.32 bits per heavy atom. The molecule has 108 valence electrons. The van der Waals surface area contributed by atoms with Gasteiger partial charge in [-0.05, 0) is 46.7 Å². The summed E-state index contributed by atoms with van der Waals surface area (Å²) in [4.78, 5) is 2.56. The van der Waals surface area contributed by atoms with Gasteiger partial charge in [-0.25, -0.2) is 0 Å². The van der Waals surface area contributed by atoms with Crippen molar-refractivity contribution in [1.29, 1.82) is 0 Å². The highest BCUT2D eigenvalue weighted by Gasteiger charge is 2.20. The van der Waals surface area contributed by atoms with E-state index >= 15 is 0 Å². The number of hydrogen-bond donors (Lipinski definition) is 1. The molecule has 1 saturated heterocycles. The number of benzene rings is 1. The van der Waals surface area contributed by atoms with Crippen LogP contribution in [0.1, 0.15) is 18.0 Å². The highest BCUT2D eigenvalue weighted by atomic mass is 127. The molecule has 0 saturated carbocycles. The first-order valence-corrected chi connectivity index (χ1v) is 7.20. The predicted molar refractivity (Wildman–Crippen MR) is 95.7 cm³/mol. The molecule has 1 aromatic carbocycles. The van der Waals surface area contributed by atoms with Gasteiger partial charge in [0.25, 0.3) is 0 Å². The maximum atomic E-state index is 3.90. The zero-order chi connectivity index (χ0) is 12.1. The molecule has 0 aromatic heterocycles. The summed E-state index contributed by atoms with van der Waals surface area (Å²) in [5.41, 5.74) is 1.42. The summed E-state index contributed by atoms with van der Waals surface area (Å²) in [5, 5.41) is 3.41. The largest absolute Gasteiger partial charge is 0.314 e. The second-order valence-electron chi connectivity index (χ2n) is 4.38. The number of hydrogen-bond acceptors (Lipinski definition) is 2. The monoisotopic (exact) mass is 414 g/mol. The summed E-state index contributed by atoms with van der Waals surface area (Å²) < 4.78 is 1.31. The van der Waals surface area contributed by atoms with Crippen molar-refractivity contribution in [2.45, 2.75) is 12.5 Å². The van der Waals surface area contributed by atoms with E-state index in [1.54, 1.807) is 0 Å². The smallest absolute Gasteiger partial charge is 0.0383 e. The van der Waals surface area contributed by atoms with Crippen LogP contribution in [0.3, 0.4) is 0 Å². The van der Waals surface area contributed by atoms with Crippen LogP contribution in [0.2, 0.25) is 0 Å². The Labute approximate surface area is 142 Å². The van der Waals surface area contributed by atoms with Crippen LogP contribution in [0.15, 0.2) is 36.9 Å². The van der Waals surface area contributed by atoms with Crippen LogP contribution in [0, 0.1) is 3.57 Å². The van der Waals surface area contributed by atoms with Crippen LogP contribution in [0.4, 0.5) is 0 Å². The van der Waals surface area contributed by atoms with E-state index in [-0.39, 0.29) is 24.8 Å². The van der Waals surface area contributed by atoms with Crippen molar-refractivity contribution >= 4 is 47.4 Å². The fraction of sp³-hybridized carbons (Fsp3) is 0.429. The van der Waals surface area contributed by atoms with Crippen LogP contribution >= 0.6 is 47.4 Å². The van der Waals surface area contributed by atoms with Crippen LogP contribution in [-0.2, 0) is 0 Å². The van der Waals surface area contributed by atoms with E-state index in [2.05, 4.69) is 63.7 Å². The van der Waals surface area contributed by atoms with Crippen LogP contribution < -0.4 is 5.32 Å². The Bertz CT molecular complexity index is 381. The second kappa shape index (κ2) is 10.00. The maximum absolute atomic E-state index is 3.90. The summed E-state index contributed by atoms with van der Waals surface area (Å²) >= 11 is 2.38. The predicted octanol–water partition coefficient (Wildman–Crippen LogP) is 3.66. The number of halogens is 3. The van der Waals surface area contributed by atoms with Gasteiger partial charge in [0.2, 0.25) is 0 Å². The lowest BCUT2D eigenvalue weighted by molar-refractivity contribution is 0.174. The third-order valence-electron chi connectivity index (χ3n) is 3.22. The Hall–Kier alpha value is 0.190. The minimum Gasteiger partial charge on any atom is -0.314 e. The van der Waals surface area contributed by atoms with Gasteiger partial charge in [0.1, 0.15) is 0 Å². The minimum atomic E-state index is 0. The molecule has 1 N–H and O–H groups in total. The van der Waals surface area contributed by atoms with Gasteiger partial charge < -0.3 is 5.32 Å². The Balaban J connectivity index is 0.00000162. The molecule has 2 nitrogen and oxygen atoms in total. The van der Waals surface area contributed by atoms with Crippen molar-refractivity contribution in [2.75, 3.05) is 26.2 Å². The highest BCUT2D eigenvalue weighted by Crippen LogP contribution is 2.26. The topological polar surface area (TPSA) is 15.3 Å². The van der Waals surface area contributed by atoms with Crippen molar-refractivity contribution in [1.82, 2.24) is 10.2 Å². The molecular formula is C14H21Cl2IN2. The first-order valence-electron chi connectivity index (χ1n) is 6.12. The first kappa shape index (κ1) is 19.2. The number of piperazine rings is 1. The standard InChI is InChI=1S/C14H19IN2.2ClH/c1-2-4-14(17-9-7-16-8-10-17)12-5-3-6-13(15)11-12;;/h2-3,5-6,11,14,16H,1,4,7-10H2;2*1H/t14-;;/m0../s1. The molecule has 0 aliphatic carbocycles. The van der Waals surface area contributed by atoms with Gasteiger partial charge in [-0.15, -0.1) is 31.4 Å². The number of rotatable bonds is 4. The lowest BCUT2D eigenvalue weighted by Crippen LogP contribution is -2.45. The van der Waals surface area contributed by atoms with Gasteiger partial charge in [0.15, 0.2) is 0 Å². The zero-order valence-electron chi connectivity index (χ0n) is 10.8. The average molecular weight is 415 g/mol. The van der Waals surface area contributed by atoms with Crippen molar-refractivity contribution < 1.29 is 0 Å². The molecule has 1 aliphatic heterocycles. The molecule has 0 amide bonds. The fourth-order valence-electron chi connectivity index (χ4n) is 2.36. The summed E-state index contributed by atoms with van der Waals surface area (Å²) in [6.07, 6.45) is 3.06. The van der Waals surface area contributed by atoms with E-state index in [0.29, 0.717) is 6.04 Å². The van der Waals surface area contributed by atoms with Crippen molar-refractivity contribution in [3.63, 3.8) is 0 Å². The van der Waals surface area contributed by atoms with Gasteiger partial charge >= 0.3 is 0 Å². The van der Waals surface area contributed by atoms with Crippen LogP contribution in [0.25, 0.3) is 0 Å². The third kappa shape index (κ3) is 5.60. The number of nitrogens with one attached hydrogen (secondary N) is 1. The Morgan fingerprint density at radius 3 is 2.58 bits per heavy atom. The lowest BCUT2D eigenvalue weighted by atomic mass is 10.0. The summed E-state index contributed by atoms with van der Waals surface area (Å²) in [7, 11) is 0. The van der Waals surface area contributed by atoms with Gasteiger partial charge in [-0.2, -0.15) is 0 Å². The summed E-state index contributed by atoms with van der Waals surface area (Å²) in [6.45, 7) is 8.35. The second-order valence-corrected chi connectivity index (χ2v) is 5.63. The van der Waals surface area contributed by atoms with Crippen molar-refractivity contribution in [2.24, 2.45) is 0 Å². The summed E-state index contributed by atoms with van der Waals surface area (Å²) in [5.74, 6) is 0. The maximum Gasteiger partial charge on any atom is 0.0383 e. The molecule has 1 heterocycles. The number of nitrogens with zero attached hydrogens (tertiary/aromatic N) is 1. The molecule has 1 aliphatic rings. The molecular weight excluding hydrogens is 394 g/mol. The van der Waals surface area contributed by atoms with Crippen LogP contribution in [-0.4, -0.2) is 31.1 Å². The zero-order valence-corrected chi connectivity index (χ0v) is 14.6. The van der Waals surface area contributed by atoms with Gasteiger partial charge in [0, 0.05) is 35.8 Å². The quantitative estimate of drug-likeness (QED) is 0.597. The van der Waals surface area contributed by atoms with Crippen molar-refractivity contribution in [3.05, 3.63) is 46.1 Å². The normalized spacial score (nSPS) is 16.9. The molecule has 0 spiro atoms. The average Bonchev–Trinajstić information content (AvgIpc) is 2.37. The van der Waals surface area contributed by atoms with Crippen molar-refractivity contribution in [3.8, 4) is 0 Å². The van der Waals surface area contributed by atoms with E-state index in [0.717, 1.165) is 32.6 Å². The van der Waals surface area contributed by atoms with E-state index < -0.39 is 0 Å². The van der Waals surface area contributed by atoms with Crippen LogP contribution in [0.5, 0.6) is 0 Å². The minimum absolute atomic E-state index is 0. The Morgan fingerprint density at radius 2 is 2.00 bits per heavy atom. The lowest BCUT2D eigenvalue weighted by Gasteiger charge is -2.34. The molecule has 0 bridgehead atoms. The van der Waals surface area contributed by atoms with E-state index in [1.165, 1.54) is 9.13 Å². The SMILES string of the molecule is C=CC[C@@H](c1cccc(I)c1)N1CCNCC1.Cl.Cl. The molecule has 19 heavy (non-hydrogen) atoms. The molecule has 0 radical (unpaired) electrons. The van der Waals surface area contributed by atoms with Gasteiger partial charge in [-0.3, -0.25) is 4.90 Å². The molecule has 1 atom stereocenters. The van der Waals surface area contributed by atoms with E-state index in [4.69, 9.17) is 0 Å². The third-order valence-corrected chi connectivity index (χ3v) is 3.89.